The molecular weight excluding hydrogens is 292 g/mol. The maximum absolute atomic E-state index is 11.8. The van der Waals surface area contributed by atoms with Crippen LogP contribution in [-0.4, -0.2) is 34.3 Å². The summed E-state index contributed by atoms with van der Waals surface area (Å²) in [6, 6.07) is 7.34. The third-order valence-electron chi connectivity index (χ3n) is 4.17. The first-order valence-corrected chi connectivity index (χ1v) is 8.04. The summed E-state index contributed by atoms with van der Waals surface area (Å²) in [6.07, 6.45) is 3.48. The number of anilines is 1. The Bertz CT molecular complexity index is 708. The highest BCUT2D eigenvalue weighted by Gasteiger charge is 2.19. The first-order valence-electron chi connectivity index (χ1n) is 8.04. The molecule has 0 spiro atoms. The minimum Gasteiger partial charge on any atom is -0.381 e. The molecule has 1 N–H and O–H groups in total. The van der Waals surface area contributed by atoms with Crippen LogP contribution in [0.3, 0.4) is 0 Å². The van der Waals surface area contributed by atoms with Crippen LogP contribution in [0, 0.1) is 6.92 Å². The molecule has 0 unspecified atom stereocenters. The Labute approximate surface area is 135 Å². The maximum atomic E-state index is 11.8. The average Bonchev–Trinajstić information content (AvgIpc) is 3.08. The summed E-state index contributed by atoms with van der Waals surface area (Å²) in [5.41, 5.74) is 2.08. The Morgan fingerprint density at radius 2 is 2.30 bits per heavy atom. The van der Waals surface area contributed by atoms with Gasteiger partial charge in [-0.15, -0.1) is 0 Å². The lowest BCUT2D eigenvalue weighted by molar-refractivity contribution is 0.193. The summed E-state index contributed by atoms with van der Waals surface area (Å²) in [6.45, 7) is 4.97. The van der Waals surface area contributed by atoms with Crippen molar-refractivity contribution in [3.63, 3.8) is 0 Å². The predicted molar refractivity (Wildman–Crippen MR) is 88.8 cm³/mol. The smallest absolute Gasteiger partial charge is 0.250 e. The molecule has 6 heteroatoms. The molecule has 1 aliphatic rings. The van der Waals surface area contributed by atoms with Crippen LogP contribution in [-0.2, 0) is 11.3 Å². The second kappa shape index (κ2) is 7.37. The predicted octanol–water partition coefficient (Wildman–Crippen LogP) is 1.95. The Balaban J connectivity index is 1.53. The van der Waals surface area contributed by atoms with E-state index in [4.69, 9.17) is 4.74 Å². The molecule has 3 rings (SSSR count). The molecule has 3 heterocycles. The summed E-state index contributed by atoms with van der Waals surface area (Å²) >= 11 is 0. The number of pyridine rings is 1. The third-order valence-corrected chi connectivity index (χ3v) is 4.17. The topological polar surface area (TPSA) is 69.0 Å². The number of aryl methyl sites for hydroxylation is 1. The molecule has 23 heavy (non-hydrogen) atoms. The highest BCUT2D eigenvalue weighted by atomic mass is 16.5. The summed E-state index contributed by atoms with van der Waals surface area (Å²) in [5, 5.41) is 3.31. The highest BCUT2D eigenvalue weighted by Crippen LogP contribution is 2.24. The molecule has 0 amide bonds. The molecule has 0 saturated carbocycles. The van der Waals surface area contributed by atoms with Gasteiger partial charge in [0.05, 0.1) is 12.3 Å². The molecule has 0 radical (unpaired) electrons. The normalized spacial score (nSPS) is 17.3. The lowest BCUT2D eigenvalue weighted by atomic mass is 10.1. The zero-order valence-corrected chi connectivity index (χ0v) is 13.4. The van der Waals surface area contributed by atoms with Gasteiger partial charge in [-0.3, -0.25) is 4.79 Å². The number of hydrogen-bond acceptors (Lipinski definition) is 5. The van der Waals surface area contributed by atoms with Crippen molar-refractivity contribution in [2.45, 2.75) is 32.2 Å². The van der Waals surface area contributed by atoms with E-state index in [1.165, 1.54) is 0 Å². The minimum atomic E-state index is 0.0514. The Kier molecular flexibility index (Phi) is 5.02. The van der Waals surface area contributed by atoms with E-state index in [2.05, 4.69) is 15.3 Å². The van der Waals surface area contributed by atoms with E-state index in [1.807, 2.05) is 19.1 Å². The van der Waals surface area contributed by atoms with Crippen molar-refractivity contribution in [2.24, 2.45) is 0 Å². The van der Waals surface area contributed by atoms with Crippen LogP contribution < -0.4 is 10.9 Å². The van der Waals surface area contributed by atoms with Crippen molar-refractivity contribution < 1.29 is 4.74 Å². The van der Waals surface area contributed by atoms with Crippen LogP contribution in [0.2, 0.25) is 0 Å². The molecule has 1 aliphatic heterocycles. The van der Waals surface area contributed by atoms with Crippen LogP contribution in [0.4, 0.5) is 5.82 Å². The number of aromatic nitrogens is 3. The zero-order valence-electron chi connectivity index (χ0n) is 13.4. The standard InChI is InChI=1S/C17H22N4O2/c1-13-4-2-5-17(22)21(13)8-3-7-18-16-10-15(19-12-20-16)14-6-9-23-11-14/h2,4-5,10,12,14H,3,6-9,11H2,1H3,(H,18,19,20)/t14-/m0/s1. The second-order valence-electron chi connectivity index (χ2n) is 5.83. The quantitative estimate of drug-likeness (QED) is 0.825. The van der Waals surface area contributed by atoms with E-state index >= 15 is 0 Å². The van der Waals surface area contributed by atoms with Crippen molar-refractivity contribution in [1.82, 2.24) is 14.5 Å². The van der Waals surface area contributed by atoms with Gasteiger partial charge in [-0.2, -0.15) is 0 Å². The SMILES string of the molecule is Cc1cccc(=O)n1CCCNc1cc([C@H]2CCOC2)ncn1. The number of nitrogens with one attached hydrogen (secondary N) is 1. The zero-order chi connectivity index (χ0) is 16.1. The van der Waals surface area contributed by atoms with Gasteiger partial charge in [0.25, 0.3) is 5.56 Å². The van der Waals surface area contributed by atoms with Gasteiger partial charge < -0.3 is 14.6 Å². The molecule has 122 valence electrons. The third kappa shape index (κ3) is 3.96. The van der Waals surface area contributed by atoms with Crippen LogP contribution in [0.1, 0.15) is 30.1 Å². The number of hydrogen-bond donors (Lipinski definition) is 1. The second-order valence-corrected chi connectivity index (χ2v) is 5.83. The molecule has 1 saturated heterocycles. The van der Waals surface area contributed by atoms with Gasteiger partial charge in [0.2, 0.25) is 0 Å². The molecule has 2 aromatic rings. The van der Waals surface area contributed by atoms with Crippen LogP contribution >= 0.6 is 0 Å². The van der Waals surface area contributed by atoms with E-state index in [1.54, 1.807) is 23.0 Å². The highest BCUT2D eigenvalue weighted by molar-refractivity contribution is 5.35. The van der Waals surface area contributed by atoms with Crippen molar-refractivity contribution in [2.75, 3.05) is 25.1 Å². The molecule has 1 fully saturated rings. The van der Waals surface area contributed by atoms with Gasteiger partial charge in [0, 0.05) is 43.4 Å². The van der Waals surface area contributed by atoms with Crippen molar-refractivity contribution in [3.8, 4) is 0 Å². The van der Waals surface area contributed by atoms with E-state index in [0.29, 0.717) is 12.5 Å². The molecule has 6 nitrogen and oxygen atoms in total. The fraction of sp³-hybridized carbons (Fsp3) is 0.471. The van der Waals surface area contributed by atoms with Gasteiger partial charge in [-0.25, -0.2) is 9.97 Å². The maximum Gasteiger partial charge on any atom is 0.250 e. The van der Waals surface area contributed by atoms with Crippen molar-refractivity contribution in [3.05, 3.63) is 52.3 Å². The number of nitrogens with zero attached hydrogens (tertiary/aromatic N) is 3. The number of rotatable bonds is 6. The van der Waals surface area contributed by atoms with E-state index in [0.717, 1.165) is 49.8 Å². The molecule has 0 aliphatic carbocycles. The monoisotopic (exact) mass is 314 g/mol. The van der Waals surface area contributed by atoms with Gasteiger partial charge in [-0.05, 0) is 25.8 Å². The van der Waals surface area contributed by atoms with Crippen LogP contribution in [0.5, 0.6) is 0 Å². The van der Waals surface area contributed by atoms with Gasteiger partial charge in [0.1, 0.15) is 12.1 Å². The summed E-state index contributed by atoms with van der Waals surface area (Å²) < 4.78 is 7.20. The van der Waals surface area contributed by atoms with E-state index < -0.39 is 0 Å². The van der Waals surface area contributed by atoms with Crippen LogP contribution in [0.15, 0.2) is 35.4 Å². The lowest BCUT2D eigenvalue weighted by Gasteiger charge is -2.11. The van der Waals surface area contributed by atoms with Crippen LogP contribution in [0.25, 0.3) is 0 Å². The summed E-state index contributed by atoms with van der Waals surface area (Å²) in [4.78, 5) is 20.4. The lowest BCUT2D eigenvalue weighted by Crippen LogP contribution is -2.22. The number of ether oxygens (including phenoxy) is 1. The summed E-state index contributed by atoms with van der Waals surface area (Å²) in [5.74, 6) is 1.21. The Hall–Kier alpha value is -2.21. The van der Waals surface area contributed by atoms with Crippen molar-refractivity contribution >= 4 is 5.82 Å². The first-order chi connectivity index (χ1) is 11.2. The molecule has 1 atom stereocenters. The summed E-state index contributed by atoms with van der Waals surface area (Å²) in [7, 11) is 0. The fourth-order valence-electron chi connectivity index (χ4n) is 2.82. The average molecular weight is 314 g/mol. The first kappa shape index (κ1) is 15.7. The van der Waals surface area contributed by atoms with Gasteiger partial charge in [0.15, 0.2) is 0 Å². The molecular formula is C17H22N4O2. The minimum absolute atomic E-state index is 0.0514. The largest absolute Gasteiger partial charge is 0.381 e. The van der Waals surface area contributed by atoms with Crippen molar-refractivity contribution in [1.29, 1.82) is 0 Å². The molecule has 2 aromatic heterocycles. The molecule has 0 aromatic carbocycles. The van der Waals surface area contributed by atoms with E-state index in [9.17, 15) is 4.79 Å². The van der Waals surface area contributed by atoms with Gasteiger partial charge >= 0.3 is 0 Å². The fourth-order valence-corrected chi connectivity index (χ4v) is 2.82. The van der Waals surface area contributed by atoms with Gasteiger partial charge in [-0.1, -0.05) is 6.07 Å². The Morgan fingerprint density at radius 3 is 3.09 bits per heavy atom. The van der Waals surface area contributed by atoms with E-state index in [-0.39, 0.29) is 5.56 Å². The Morgan fingerprint density at radius 1 is 1.39 bits per heavy atom. The molecule has 0 bridgehead atoms.